The lowest BCUT2D eigenvalue weighted by molar-refractivity contribution is 0.0666. The van der Waals surface area contributed by atoms with E-state index in [2.05, 4.69) is 65.7 Å². The molecule has 0 aromatic heterocycles. The second kappa shape index (κ2) is 8.44. The maximum atomic E-state index is 13.4. The van der Waals surface area contributed by atoms with Gasteiger partial charge in [0.25, 0.3) is 5.91 Å². The van der Waals surface area contributed by atoms with E-state index in [1.807, 2.05) is 29.2 Å². The lowest BCUT2D eigenvalue weighted by Crippen LogP contribution is -2.42. The highest BCUT2D eigenvalue weighted by molar-refractivity contribution is 6.01. The number of carbonyl (C=O) groups excluding carboxylic acids is 1. The number of amides is 1. The fourth-order valence-corrected chi connectivity index (χ4v) is 4.30. The summed E-state index contributed by atoms with van der Waals surface area (Å²) in [7, 11) is 0. The SMILES string of the molecule is Cc1ccc(CN2C(=O)c3ccccc3NC2c2ccc(N3CCOCC3)cc2)cc1. The van der Waals surface area contributed by atoms with Gasteiger partial charge in [-0.2, -0.15) is 0 Å². The normalized spacial score (nSPS) is 18.5. The first-order valence-electron chi connectivity index (χ1n) is 10.8. The summed E-state index contributed by atoms with van der Waals surface area (Å²) < 4.78 is 5.47. The van der Waals surface area contributed by atoms with Crippen LogP contribution in [0.2, 0.25) is 0 Å². The van der Waals surface area contributed by atoms with Gasteiger partial charge < -0.3 is 19.9 Å². The van der Waals surface area contributed by atoms with E-state index in [0.717, 1.165) is 48.7 Å². The van der Waals surface area contributed by atoms with Crippen LogP contribution in [0.15, 0.2) is 72.8 Å². The minimum Gasteiger partial charge on any atom is -0.378 e. The molecule has 1 amide bonds. The van der Waals surface area contributed by atoms with Crippen molar-refractivity contribution in [2.24, 2.45) is 0 Å². The van der Waals surface area contributed by atoms with Gasteiger partial charge in [0.15, 0.2) is 0 Å². The summed E-state index contributed by atoms with van der Waals surface area (Å²) in [6.45, 7) is 5.98. The molecule has 1 fully saturated rings. The van der Waals surface area contributed by atoms with Crippen molar-refractivity contribution in [2.75, 3.05) is 36.5 Å². The average molecular weight is 414 g/mol. The molecule has 1 atom stereocenters. The molecule has 0 aliphatic carbocycles. The third-order valence-corrected chi connectivity index (χ3v) is 6.08. The Bertz CT molecular complexity index is 1060. The Morgan fingerprint density at radius 2 is 1.65 bits per heavy atom. The van der Waals surface area contributed by atoms with Crippen LogP contribution in [-0.4, -0.2) is 37.1 Å². The lowest BCUT2D eigenvalue weighted by atomic mass is 10.0. The molecule has 1 saturated heterocycles. The number of hydrogen-bond acceptors (Lipinski definition) is 4. The Kier molecular flexibility index (Phi) is 5.35. The largest absolute Gasteiger partial charge is 0.378 e. The fourth-order valence-electron chi connectivity index (χ4n) is 4.30. The van der Waals surface area contributed by atoms with Crippen LogP contribution < -0.4 is 10.2 Å². The van der Waals surface area contributed by atoms with Gasteiger partial charge in [0.2, 0.25) is 0 Å². The van der Waals surface area contributed by atoms with Crippen LogP contribution in [0.25, 0.3) is 0 Å². The van der Waals surface area contributed by atoms with Crippen molar-refractivity contribution >= 4 is 17.3 Å². The highest BCUT2D eigenvalue weighted by atomic mass is 16.5. The fraction of sp³-hybridized carbons (Fsp3) is 0.269. The molecule has 2 heterocycles. The predicted molar refractivity (Wildman–Crippen MR) is 123 cm³/mol. The molecule has 5 nitrogen and oxygen atoms in total. The first-order chi connectivity index (χ1) is 15.2. The number of aryl methyl sites for hydroxylation is 1. The summed E-state index contributed by atoms with van der Waals surface area (Å²) in [6.07, 6.45) is -0.220. The predicted octanol–water partition coefficient (Wildman–Crippen LogP) is 4.60. The van der Waals surface area contributed by atoms with E-state index < -0.39 is 0 Å². The minimum atomic E-state index is -0.220. The van der Waals surface area contributed by atoms with Gasteiger partial charge in [-0.1, -0.05) is 54.1 Å². The van der Waals surface area contributed by atoms with E-state index in [-0.39, 0.29) is 12.1 Å². The van der Waals surface area contributed by atoms with E-state index >= 15 is 0 Å². The van der Waals surface area contributed by atoms with E-state index in [1.165, 1.54) is 11.3 Å². The Labute approximate surface area is 183 Å². The second-order valence-electron chi connectivity index (χ2n) is 8.20. The summed E-state index contributed by atoms with van der Waals surface area (Å²) >= 11 is 0. The molecule has 158 valence electrons. The number of fused-ring (bicyclic) bond motifs is 1. The van der Waals surface area contributed by atoms with Crippen molar-refractivity contribution in [1.82, 2.24) is 4.90 Å². The Morgan fingerprint density at radius 3 is 2.39 bits per heavy atom. The average Bonchev–Trinajstić information content (AvgIpc) is 2.83. The smallest absolute Gasteiger partial charge is 0.258 e. The van der Waals surface area contributed by atoms with Crippen molar-refractivity contribution < 1.29 is 9.53 Å². The van der Waals surface area contributed by atoms with Crippen LogP contribution in [0, 0.1) is 6.92 Å². The van der Waals surface area contributed by atoms with Crippen LogP contribution >= 0.6 is 0 Å². The second-order valence-corrected chi connectivity index (χ2v) is 8.20. The van der Waals surface area contributed by atoms with Crippen molar-refractivity contribution in [3.05, 3.63) is 95.1 Å². The van der Waals surface area contributed by atoms with Gasteiger partial charge in [-0.25, -0.2) is 0 Å². The highest BCUT2D eigenvalue weighted by Crippen LogP contribution is 2.34. The first-order valence-corrected chi connectivity index (χ1v) is 10.8. The maximum Gasteiger partial charge on any atom is 0.258 e. The summed E-state index contributed by atoms with van der Waals surface area (Å²) in [5, 5.41) is 3.60. The van der Waals surface area contributed by atoms with Crippen LogP contribution in [0.3, 0.4) is 0 Å². The Hall–Kier alpha value is -3.31. The Balaban J connectivity index is 1.46. The van der Waals surface area contributed by atoms with Gasteiger partial charge >= 0.3 is 0 Å². The molecule has 1 unspecified atom stereocenters. The van der Waals surface area contributed by atoms with Gasteiger partial charge in [0.05, 0.1) is 18.8 Å². The standard InChI is InChI=1S/C26H27N3O2/c1-19-6-8-20(9-7-19)18-29-25(27-24-5-3-2-4-23(24)26(29)30)21-10-12-22(13-11-21)28-14-16-31-17-15-28/h2-13,25,27H,14-18H2,1H3. The van der Waals surface area contributed by atoms with E-state index in [1.54, 1.807) is 0 Å². The van der Waals surface area contributed by atoms with Crippen LogP contribution in [0.1, 0.15) is 33.2 Å². The van der Waals surface area contributed by atoms with Gasteiger partial charge in [0, 0.05) is 31.0 Å². The molecule has 0 saturated carbocycles. The number of nitrogens with zero attached hydrogens (tertiary/aromatic N) is 2. The van der Waals surface area contributed by atoms with Crippen LogP contribution in [-0.2, 0) is 11.3 Å². The number of rotatable bonds is 4. The van der Waals surface area contributed by atoms with Gasteiger partial charge in [-0.15, -0.1) is 0 Å². The molecule has 31 heavy (non-hydrogen) atoms. The topological polar surface area (TPSA) is 44.8 Å². The number of hydrogen-bond donors (Lipinski definition) is 1. The molecular formula is C26H27N3O2. The van der Waals surface area contributed by atoms with E-state index in [4.69, 9.17) is 4.74 Å². The third kappa shape index (κ3) is 4.01. The lowest BCUT2D eigenvalue weighted by Gasteiger charge is -2.38. The molecule has 5 heteroatoms. The maximum absolute atomic E-state index is 13.4. The van der Waals surface area contributed by atoms with Gasteiger partial charge in [-0.05, 0) is 42.3 Å². The highest BCUT2D eigenvalue weighted by Gasteiger charge is 2.32. The zero-order valence-corrected chi connectivity index (χ0v) is 17.8. The molecule has 3 aromatic rings. The number of nitrogens with one attached hydrogen (secondary N) is 1. The summed E-state index contributed by atoms with van der Waals surface area (Å²) in [6, 6.07) is 24.7. The molecule has 5 rings (SSSR count). The molecular weight excluding hydrogens is 386 g/mol. The van der Waals surface area contributed by atoms with Crippen molar-refractivity contribution in [3.63, 3.8) is 0 Å². The van der Waals surface area contributed by atoms with Crippen molar-refractivity contribution in [2.45, 2.75) is 19.6 Å². The van der Waals surface area contributed by atoms with Gasteiger partial charge in [-0.3, -0.25) is 4.79 Å². The number of ether oxygens (including phenoxy) is 1. The summed E-state index contributed by atoms with van der Waals surface area (Å²) in [5.74, 6) is 0.0529. The van der Waals surface area contributed by atoms with Crippen LogP contribution in [0.5, 0.6) is 0 Å². The van der Waals surface area contributed by atoms with Crippen molar-refractivity contribution in [3.8, 4) is 0 Å². The number of carbonyl (C=O) groups is 1. The molecule has 0 spiro atoms. The zero-order chi connectivity index (χ0) is 21.2. The number of anilines is 2. The summed E-state index contributed by atoms with van der Waals surface area (Å²) in [4.78, 5) is 17.7. The van der Waals surface area contributed by atoms with Crippen molar-refractivity contribution in [1.29, 1.82) is 0 Å². The number of para-hydroxylation sites is 1. The van der Waals surface area contributed by atoms with E-state index in [9.17, 15) is 4.79 Å². The number of benzene rings is 3. The third-order valence-electron chi connectivity index (χ3n) is 6.08. The quantitative estimate of drug-likeness (QED) is 0.679. The molecule has 2 aliphatic rings. The summed E-state index contributed by atoms with van der Waals surface area (Å²) in [5.41, 5.74) is 6.21. The first kappa shape index (κ1) is 19.6. The molecule has 3 aromatic carbocycles. The Morgan fingerprint density at radius 1 is 0.935 bits per heavy atom. The van der Waals surface area contributed by atoms with E-state index in [0.29, 0.717) is 6.54 Å². The molecule has 1 N–H and O–H groups in total. The van der Waals surface area contributed by atoms with Crippen LogP contribution in [0.4, 0.5) is 11.4 Å². The number of morpholine rings is 1. The molecule has 0 radical (unpaired) electrons. The zero-order valence-electron chi connectivity index (χ0n) is 17.8. The molecule has 2 aliphatic heterocycles. The minimum absolute atomic E-state index is 0.0529. The molecule has 0 bridgehead atoms. The van der Waals surface area contributed by atoms with Gasteiger partial charge in [0.1, 0.15) is 6.17 Å². The monoisotopic (exact) mass is 413 g/mol.